The molecule has 0 bridgehead atoms. The van der Waals surface area contributed by atoms with Crippen LogP contribution in [0, 0.1) is 19.7 Å². The van der Waals surface area contributed by atoms with Crippen LogP contribution >= 0.6 is 11.8 Å². The molecule has 0 saturated heterocycles. The zero-order valence-electron chi connectivity index (χ0n) is 16.7. The van der Waals surface area contributed by atoms with Crippen molar-refractivity contribution in [3.05, 3.63) is 46.5 Å². The van der Waals surface area contributed by atoms with Crippen molar-refractivity contribution in [2.75, 3.05) is 26.0 Å². The standard InChI is InChI=1S/C20H26FN3O3S/c1-13-14(2)24(9-10-27-4)20(23-13)28-12-19(26)17-6-5-16(18(21)11-17)7-8-22-15(3)25/h5-6,11H,7-10,12H2,1-4H3,(H,22,25). The molecule has 0 radical (unpaired) electrons. The molecule has 0 aliphatic heterocycles. The van der Waals surface area contributed by atoms with E-state index in [9.17, 15) is 14.0 Å². The number of ether oxygens (including phenoxy) is 1. The second-order valence-electron chi connectivity index (χ2n) is 6.46. The molecule has 1 heterocycles. The summed E-state index contributed by atoms with van der Waals surface area (Å²) >= 11 is 1.34. The van der Waals surface area contributed by atoms with E-state index in [2.05, 4.69) is 10.3 Å². The summed E-state index contributed by atoms with van der Waals surface area (Å²) in [7, 11) is 1.64. The molecule has 0 saturated carbocycles. The van der Waals surface area contributed by atoms with E-state index >= 15 is 0 Å². The van der Waals surface area contributed by atoms with Crippen LogP contribution in [0.1, 0.15) is 34.2 Å². The molecule has 0 aliphatic carbocycles. The quantitative estimate of drug-likeness (QED) is 0.484. The van der Waals surface area contributed by atoms with Crippen molar-refractivity contribution < 1.29 is 18.7 Å². The Bertz CT molecular complexity index is 851. The number of halogens is 1. The number of methoxy groups -OCH3 is 1. The number of carbonyl (C=O) groups excluding carboxylic acids is 2. The van der Waals surface area contributed by atoms with Gasteiger partial charge < -0.3 is 14.6 Å². The average Bonchev–Trinajstić information content (AvgIpc) is 2.92. The largest absolute Gasteiger partial charge is 0.383 e. The molecule has 1 N–H and O–H groups in total. The summed E-state index contributed by atoms with van der Waals surface area (Å²) in [4.78, 5) is 27.9. The van der Waals surface area contributed by atoms with Crippen LogP contribution in [0.3, 0.4) is 0 Å². The van der Waals surface area contributed by atoms with Crippen LogP contribution in [-0.2, 0) is 22.5 Å². The molecule has 0 unspecified atom stereocenters. The predicted molar refractivity (Wildman–Crippen MR) is 107 cm³/mol. The number of rotatable bonds is 10. The molecular formula is C20H26FN3O3S. The second-order valence-corrected chi connectivity index (χ2v) is 7.40. The molecule has 152 valence electrons. The summed E-state index contributed by atoms with van der Waals surface area (Å²) in [6.45, 7) is 6.91. The number of nitrogens with one attached hydrogen (secondary N) is 1. The first kappa shape index (κ1) is 22.1. The number of hydrogen-bond donors (Lipinski definition) is 1. The van der Waals surface area contributed by atoms with Gasteiger partial charge in [0, 0.05) is 38.4 Å². The van der Waals surface area contributed by atoms with Crippen LogP contribution in [0.2, 0.25) is 0 Å². The van der Waals surface area contributed by atoms with Crippen LogP contribution in [0.5, 0.6) is 0 Å². The molecule has 0 aliphatic rings. The van der Waals surface area contributed by atoms with Crippen molar-refractivity contribution in [1.82, 2.24) is 14.9 Å². The highest BCUT2D eigenvalue weighted by atomic mass is 32.2. The minimum Gasteiger partial charge on any atom is -0.383 e. The molecular weight excluding hydrogens is 381 g/mol. The van der Waals surface area contributed by atoms with E-state index in [4.69, 9.17) is 4.74 Å². The first-order chi connectivity index (χ1) is 13.3. The van der Waals surface area contributed by atoms with Crippen LogP contribution < -0.4 is 5.32 Å². The smallest absolute Gasteiger partial charge is 0.216 e. The highest BCUT2D eigenvalue weighted by molar-refractivity contribution is 7.99. The maximum atomic E-state index is 14.3. The van der Waals surface area contributed by atoms with Crippen molar-refractivity contribution in [2.45, 2.75) is 38.9 Å². The molecule has 8 heteroatoms. The maximum Gasteiger partial charge on any atom is 0.216 e. The minimum atomic E-state index is -0.436. The number of aromatic nitrogens is 2. The van der Waals surface area contributed by atoms with E-state index in [-0.39, 0.29) is 17.4 Å². The lowest BCUT2D eigenvalue weighted by Gasteiger charge is -2.09. The number of thioether (sulfide) groups is 1. The topological polar surface area (TPSA) is 73.2 Å². The van der Waals surface area contributed by atoms with E-state index in [0.29, 0.717) is 37.2 Å². The van der Waals surface area contributed by atoms with Crippen molar-refractivity contribution in [2.24, 2.45) is 0 Å². The Morgan fingerprint density at radius 3 is 2.71 bits per heavy atom. The molecule has 6 nitrogen and oxygen atoms in total. The summed E-state index contributed by atoms with van der Waals surface area (Å²) in [5, 5.41) is 3.39. The average molecular weight is 408 g/mol. The highest BCUT2D eigenvalue weighted by Gasteiger charge is 2.15. The molecule has 0 fully saturated rings. The van der Waals surface area contributed by atoms with Gasteiger partial charge in [-0.05, 0) is 31.9 Å². The zero-order valence-corrected chi connectivity index (χ0v) is 17.5. The molecule has 2 aromatic rings. The van der Waals surface area contributed by atoms with Gasteiger partial charge in [-0.3, -0.25) is 9.59 Å². The van der Waals surface area contributed by atoms with E-state index in [0.717, 1.165) is 16.5 Å². The molecule has 0 spiro atoms. The van der Waals surface area contributed by atoms with Gasteiger partial charge in [-0.2, -0.15) is 0 Å². The third-order valence-electron chi connectivity index (χ3n) is 4.42. The van der Waals surface area contributed by atoms with Crippen LogP contribution in [-0.4, -0.2) is 47.3 Å². The monoisotopic (exact) mass is 407 g/mol. The fraction of sp³-hybridized carbons (Fsp3) is 0.450. The SMILES string of the molecule is COCCn1c(SCC(=O)c2ccc(CCNC(C)=O)c(F)c2)nc(C)c1C. The van der Waals surface area contributed by atoms with Crippen molar-refractivity contribution in [3.8, 4) is 0 Å². The fourth-order valence-corrected chi connectivity index (χ4v) is 3.70. The lowest BCUT2D eigenvalue weighted by molar-refractivity contribution is -0.118. The normalized spacial score (nSPS) is 10.9. The molecule has 28 heavy (non-hydrogen) atoms. The van der Waals surface area contributed by atoms with Gasteiger partial charge in [0.05, 0.1) is 18.1 Å². The van der Waals surface area contributed by atoms with Gasteiger partial charge in [0.15, 0.2) is 10.9 Å². The number of ketones is 1. The van der Waals surface area contributed by atoms with Crippen LogP contribution in [0.4, 0.5) is 4.39 Å². The third kappa shape index (κ3) is 5.90. The summed E-state index contributed by atoms with van der Waals surface area (Å²) in [6, 6.07) is 4.49. The van der Waals surface area contributed by atoms with E-state index in [1.165, 1.54) is 24.8 Å². The number of amides is 1. The molecule has 2 rings (SSSR count). The minimum absolute atomic E-state index is 0.154. The number of nitrogens with zero attached hydrogens (tertiary/aromatic N) is 2. The van der Waals surface area contributed by atoms with E-state index < -0.39 is 5.82 Å². The molecule has 1 aromatic heterocycles. The Labute approximate surface area is 168 Å². The summed E-state index contributed by atoms with van der Waals surface area (Å²) in [5.74, 6) is -0.574. The Morgan fingerprint density at radius 2 is 2.07 bits per heavy atom. The zero-order chi connectivity index (χ0) is 20.7. The molecule has 1 aromatic carbocycles. The number of aryl methyl sites for hydroxylation is 1. The Hall–Kier alpha value is -2.19. The van der Waals surface area contributed by atoms with Crippen molar-refractivity contribution in [3.63, 3.8) is 0 Å². The summed E-state index contributed by atoms with van der Waals surface area (Å²) in [5.41, 5.74) is 2.76. The first-order valence-electron chi connectivity index (χ1n) is 9.05. The third-order valence-corrected chi connectivity index (χ3v) is 5.39. The van der Waals surface area contributed by atoms with Gasteiger partial charge in [-0.1, -0.05) is 23.9 Å². The Balaban J connectivity index is 2.01. The molecule has 0 atom stereocenters. The fourth-order valence-electron chi connectivity index (χ4n) is 2.69. The molecule has 1 amide bonds. The van der Waals surface area contributed by atoms with Gasteiger partial charge >= 0.3 is 0 Å². The number of benzene rings is 1. The number of carbonyl (C=O) groups is 2. The van der Waals surface area contributed by atoms with Gasteiger partial charge in [-0.25, -0.2) is 9.37 Å². The lowest BCUT2D eigenvalue weighted by Crippen LogP contribution is -2.22. The van der Waals surface area contributed by atoms with Gasteiger partial charge in [-0.15, -0.1) is 0 Å². The number of imidazole rings is 1. The Morgan fingerprint density at radius 1 is 1.32 bits per heavy atom. The van der Waals surface area contributed by atoms with Crippen molar-refractivity contribution in [1.29, 1.82) is 0 Å². The van der Waals surface area contributed by atoms with Crippen molar-refractivity contribution >= 4 is 23.5 Å². The first-order valence-corrected chi connectivity index (χ1v) is 10.0. The number of Topliss-reactive ketones (excluding diaryl/α,β-unsaturated/α-hetero) is 1. The second kappa shape index (κ2) is 10.4. The van der Waals surface area contributed by atoms with Crippen LogP contribution in [0.25, 0.3) is 0 Å². The van der Waals surface area contributed by atoms with Gasteiger partial charge in [0.2, 0.25) is 5.91 Å². The highest BCUT2D eigenvalue weighted by Crippen LogP contribution is 2.22. The Kier molecular flexibility index (Phi) is 8.19. The lowest BCUT2D eigenvalue weighted by atomic mass is 10.1. The van der Waals surface area contributed by atoms with E-state index in [1.54, 1.807) is 19.2 Å². The number of hydrogen-bond acceptors (Lipinski definition) is 5. The summed E-state index contributed by atoms with van der Waals surface area (Å²) < 4.78 is 21.4. The van der Waals surface area contributed by atoms with Gasteiger partial charge in [0.1, 0.15) is 5.82 Å². The van der Waals surface area contributed by atoms with E-state index in [1.807, 2.05) is 18.4 Å². The maximum absolute atomic E-state index is 14.3. The summed E-state index contributed by atoms with van der Waals surface area (Å²) in [6.07, 6.45) is 0.379. The predicted octanol–water partition coefficient (Wildman–Crippen LogP) is 2.94. The van der Waals surface area contributed by atoms with Gasteiger partial charge in [0.25, 0.3) is 0 Å². The van der Waals surface area contributed by atoms with Crippen LogP contribution in [0.15, 0.2) is 23.4 Å².